The number of epoxide rings is 1. The maximum absolute atomic E-state index is 10.2. The van der Waals surface area contributed by atoms with Crippen molar-refractivity contribution in [2.75, 3.05) is 0 Å². The van der Waals surface area contributed by atoms with E-state index in [1.54, 1.807) is 0 Å². The van der Waals surface area contributed by atoms with E-state index in [0.29, 0.717) is 12.2 Å². The van der Waals surface area contributed by atoms with Gasteiger partial charge < -0.3 is 15.2 Å². The molecule has 2 fully saturated rings. The Bertz CT molecular complexity index is 160. The van der Waals surface area contributed by atoms with Gasteiger partial charge in [0.05, 0.1) is 12.2 Å². The Hall–Kier alpha value is -0.770. The maximum atomic E-state index is 10.2. The molecule has 1 saturated carbocycles. The number of rotatable bonds is 1. The number of ether oxygens (including phenoxy) is 2. The van der Waals surface area contributed by atoms with E-state index in [0.717, 1.165) is 12.8 Å². The molecule has 4 nitrogen and oxygen atoms in total. The minimum Gasteiger partial charge on any atom is -0.446 e. The monoisotopic (exact) mass is 143 g/mol. The van der Waals surface area contributed by atoms with Crippen molar-refractivity contribution in [2.45, 2.75) is 31.2 Å². The standard InChI is InChI=1S/C6H9NO3/c7-6(8)9-3-1-4-5(2-3)10-4/h3-5H,1-2H2,(H2,7,8)/t3?,4-,5+. The molecule has 0 aromatic carbocycles. The molecule has 1 aliphatic heterocycles. The summed E-state index contributed by atoms with van der Waals surface area (Å²) in [5, 5.41) is 0. The van der Waals surface area contributed by atoms with E-state index in [9.17, 15) is 4.79 Å². The lowest BCUT2D eigenvalue weighted by Gasteiger charge is -2.09. The van der Waals surface area contributed by atoms with Gasteiger partial charge in [0.1, 0.15) is 6.10 Å². The summed E-state index contributed by atoms with van der Waals surface area (Å²) in [4.78, 5) is 10.2. The van der Waals surface area contributed by atoms with Crippen LogP contribution in [-0.4, -0.2) is 24.4 Å². The van der Waals surface area contributed by atoms with Gasteiger partial charge in [-0.2, -0.15) is 0 Å². The summed E-state index contributed by atoms with van der Waals surface area (Å²) in [5.74, 6) is 0. The minimum atomic E-state index is -0.675. The summed E-state index contributed by atoms with van der Waals surface area (Å²) in [5.41, 5.74) is 4.83. The molecular formula is C6H9NO3. The lowest BCUT2D eigenvalue weighted by molar-refractivity contribution is 0.0852. The largest absolute Gasteiger partial charge is 0.446 e. The highest BCUT2D eigenvalue weighted by atomic mass is 16.6. The lowest BCUT2D eigenvalue weighted by Crippen LogP contribution is -2.21. The molecule has 0 bridgehead atoms. The van der Waals surface area contributed by atoms with Crippen molar-refractivity contribution in [1.82, 2.24) is 0 Å². The quantitative estimate of drug-likeness (QED) is 0.526. The second-order valence-corrected chi connectivity index (χ2v) is 2.74. The summed E-state index contributed by atoms with van der Waals surface area (Å²) in [6.45, 7) is 0. The van der Waals surface area contributed by atoms with E-state index < -0.39 is 6.09 Å². The molecule has 2 N–H and O–H groups in total. The fraction of sp³-hybridized carbons (Fsp3) is 0.833. The Labute approximate surface area is 58.3 Å². The van der Waals surface area contributed by atoms with Crippen LogP contribution in [-0.2, 0) is 9.47 Å². The Kier molecular flexibility index (Phi) is 1.11. The average molecular weight is 143 g/mol. The van der Waals surface area contributed by atoms with Gasteiger partial charge >= 0.3 is 6.09 Å². The zero-order chi connectivity index (χ0) is 7.14. The molecule has 1 heterocycles. The third-order valence-electron chi connectivity index (χ3n) is 1.96. The van der Waals surface area contributed by atoms with Gasteiger partial charge in [0.15, 0.2) is 0 Å². The number of carbonyl (C=O) groups excluding carboxylic acids is 1. The predicted octanol–water partition coefficient (Wildman–Crippen LogP) is 0.0115. The molecule has 1 aliphatic carbocycles. The zero-order valence-corrected chi connectivity index (χ0v) is 5.45. The third-order valence-corrected chi connectivity index (χ3v) is 1.96. The highest BCUT2D eigenvalue weighted by Gasteiger charge is 2.49. The van der Waals surface area contributed by atoms with Crippen molar-refractivity contribution in [1.29, 1.82) is 0 Å². The molecule has 2 aliphatic rings. The molecular weight excluding hydrogens is 134 g/mol. The predicted molar refractivity (Wildman–Crippen MR) is 32.4 cm³/mol. The highest BCUT2D eigenvalue weighted by molar-refractivity contribution is 5.64. The highest BCUT2D eigenvalue weighted by Crippen LogP contribution is 2.39. The molecule has 0 spiro atoms. The second-order valence-electron chi connectivity index (χ2n) is 2.74. The van der Waals surface area contributed by atoms with Gasteiger partial charge in [-0.05, 0) is 0 Å². The van der Waals surface area contributed by atoms with E-state index in [4.69, 9.17) is 15.2 Å². The van der Waals surface area contributed by atoms with Gasteiger partial charge in [-0.25, -0.2) is 4.79 Å². The van der Waals surface area contributed by atoms with E-state index in [1.165, 1.54) is 0 Å². The van der Waals surface area contributed by atoms with Crippen LogP contribution in [0.5, 0.6) is 0 Å². The first kappa shape index (κ1) is 5.97. The van der Waals surface area contributed by atoms with Gasteiger partial charge in [-0.1, -0.05) is 0 Å². The molecule has 0 radical (unpaired) electrons. The van der Waals surface area contributed by atoms with Crippen LogP contribution in [0.1, 0.15) is 12.8 Å². The summed E-state index contributed by atoms with van der Waals surface area (Å²) in [7, 11) is 0. The molecule has 56 valence electrons. The van der Waals surface area contributed by atoms with E-state index in [2.05, 4.69) is 0 Å². The van der Waals surface area contributed by atoms with Crippen LogP contribution in [0.3, 0.4) is 0 Å². The van der Waals surface area contributed by atoms with Crippen LogP contribution in [0.2, 0.25) is 0 Å². The number of carbonyl (C=O) groups is 1. The number of hydrogen-bond donors (Lipinski definition) is 1. The normalized spacial score (nSPS) is 42.6. The first-order valence-electron chi connectivity index (χ1n) is 3.37. The number of hydrogen-bond acceptors (Lipinski definition) is 3. The number of fused-ring (bicyclic) bond motifs is 1. The Morgan fingerprint density at radius 2 is 2.10 bits per heavy atom. The SMILES string of the molecule is NC(=O)OC1C[C@@H]2O[C@@H]2C1. The summed E-state index contributed by atoms with van der Waals surface area (Å²) < 4.78 is 9.90. The van der Waals surface area contributed by atoms with Crippen molar-refractivity contribution >= 4 is 6.09 Å². The fourth-order valence-corrected chi connectivity index (χ4v) is 1.47. The van der Waals surface area contributed by atoms with Crippen LogP contribution in [0.15, 0.2) is 0 Å². The summed E-state index contributed by atoms with van der Waals surface area (Å²) in [6.07, 6.45) is 1.70. The maximum Gasteiger partial charge on any atom is 0.404 e. The van der Waals surface area contributed by atoms with Gasteiger partial charge in [-0.15, -0.1) is 0 Å². The van der Waals surface area contributed by atoms with Gasteiger partial charge in [-0.3, -0.25) is 0 Å². The molecule has 3 atom stereocenters. The van der Waals surface area contributed by atoms with Gasteiger partial charge in [0, 0.05) is 12.8 Å². The van der Waals surface area contributed by atoms with Gasteiger partial charge in [0.2, 0.25) is 0 Å². The van der Waals surface area contributed by atoms with Crippen LogP contribution in [0.4, 0.5) is 4.79 Å². The number of nitrogens with two attached hydrogens (primary N) is 1. The molecule has 1 unspecified atom stereocenters. The molecule has 0 aromatic rings. The molecule has 1 saturated heterocycles. The molecule has 2 rings (SSSR count). The lowest BCUT2D eigenvalue weighted by atomic mass is 10.3. The molecule has 10 heavy (non-hydrogen) atoms. The fourth-order valence-electron chi connectivity index (χ4n) is 1.47. The van der Waals surface area contributed by atoms with E-state index in [-0.39, 0.29) is 6.10 Å². The first-order chi connectivity index (χ1) is 4.75. The molecule has 4 heteroatoms. The van der Waals surface area contributed by atoms with Crippen molar-refractivity contribution in [3.8, 4) is 0 Å². The van der Waals surface area contributed by atoms with Crippen molar-refractivity contribution in [3.63, 3.8) is 0 Å². The summed E-state index contributed by atoms with van der Waals surface area (Å²) in [6, 6.07) is 0. The first-order valence-corrected chi connectivity index (χ1v) is 3.37. The molecule has 0 aromatic heterocycles. The van der Waals surface area contributed by atoms with Gasteiger partial charge in [0.25, 0.3) is 0 Å². The average Bonchev–Trinajstić information content (AvgIpc) is 2.39. The third kappa shape index (κ3) is 0.945. The second kappa shape index (κ2) is 1.85. The smallest absolute Gasteiger partial charge is 0.404 e. The summed E-state index contributed by atoms with van der Waals surface area (Å²) >= 11 is 0. The number of amides is 1. The molecule has 1 amide bonds. The van der Waals surface area contributed by atoms with Crippen LogP contribution >= 0.6 is 0 Å². The zero-order valence-electron chi connectivity index (χ0n) is 5.45. The van der Waals surface area contributed by atoms with Crippen LogP contribution < -0.4 is 5.73 Å². The van der Waals surface area contributed by atoms with Crippen molar-refractivity contribution in [3.05, 3.63) is 0 Å². The Balaban J connectivity index is 1.80. The van der Waals surface area contributed by atoms with Crippen LogP contribution in [0.25, 0.3) is 0 Å². The van der Waals surface area contributed by atoms with Crippen LogP contribution in [0, 0.1) is 0 Å². The van der Waals surface area contributed by atoms with Crippen molar-refractivity contribution in [2.24, 2.45) is 5.73 Å². The van der Waals surface area contributed by atoms with Crippen molar-refractivity contribution < 1.29 is 14.3 Å². The number of primary amides is 1. The Morgan fingerprint density at radius 1 is 1.50 bits per heavy atom. The van der Waals surface area contributed by atoms with E-state index >= 15 is 0 Å². The minimum absolute atomic E-state index is 0.0150. The Morgan fingerprint density at radius 3 is 2.60 bits per heavy atom. The topological polar surface area (TPSA) is 64.9 Å². The van der Waals surface area contributed by atoms with E-state index in [1.807, 2.05) is 0 Å².